The number of rotatable bonds is 6. The molecule has 120 valence electrons. The minimum Gasteiger partial charge on any atom is -0.480 e. The summed E-state index contributed by atoms with van der Waals surface area (Å²) in [5.41, 5.74) is 1.03. The van der Waals surface area contributed by atoms with E-state index in [1.165, 1.54) is 13.2 Å². The average molecular weight is 315 g/mol. The molecule has 0 spiro atoms. The van der Waals surface area contributed by atoms with Gasteiger partial charge in [-0.05, 0) is 37.6 Å². The molecule has 0 saturated carbocycles. The van der Waals surface area contributed by atoms with E-state index in [2.05, 4.69) is 5.32 Å². The molecule has 0 saturated heterocycles. The Morgan fingerprint density at radius 3 is 2.48 bits per heavy atom. The molecule has 1 unspecified atom stereocenters. The number of nitrogens with one attached hydrogen (secondary N) is 1. The standard InChI is InChI=1S/C17H17NO5/c1-10(16(20)18-11(2)17(21)22)12-5-3-6-13(9-12)15(19)14-7-4-8-23-14/h3-11H,1-2H3,(H,18,20)(H,21,22)/t10-,11?/m1/s1. The monoisotopic (exact) mass is 315 g/mol. The van der Waals surface area contributed by atoms with Crippen LogP contribution in [0.1, 0.15) is 41.4 Å². The van der Waals surface area contributed by atoms with Gasteiger partial charge >= 0.3 is 5.97 Å². The first kappa shape index (κ1) is 16.5. The number of amides is 1. The lowest BCUT2D eigenvalue weighted by atomic mass is 9.96. The van der Waals surface area contributed by atoms with Crippen molar-refractivity contribution in [2.45, 2.75) is 25.8 Å². The van der Waals surface area contributed by atoms with E-state index in [1.807, 2.05) is 0 Å². The highest BCUT2D eigenvalue weighted by atomic mass is 16.4. The normalized spacial score (nSPS) is 13.1. The van der Waals surface area contributed by atoms with Gasteiger partial charge in [0.05, 0.1) is 12.2 Å². The fourth-order valence-electron chi connectivity index (χ4n) is 2.05. The van der Waals surface area contributed by atoms with E-state index < -0.39 is 23.8 Å². The molecule has 1 aromatic heterocycles. The molecule has 0 aliphatic heterocycles. The van der Waals surface area contributed by atoms with Gasteiger partial charge in [0.2, 0.25) is 11.7 Å². The molecule has 1 aromatic carbocycles. The zero-order valence-corrected chi connectivity index (χ0v) is 12.8. The topological polar surface area (TPSA) is 96.6 Å². The van der Waals surface area contributed by atoms with Crippen LogP contribution < -0.4 is 5.32 Å². The summed E-state index contributed by atoms with van der Waals surface area (Å²) >= 11 is 0. The lowest BCUT2D eigenvalue weighted by Gasteiger charge is -2.15. The number of carbonyl (C=O) groups is 3. The second-order valence-electron chi connectivity index (χ2n) is 5.22. The Hall–Kier alpha value is -2.89. The summed E-state index contributed by atoms with van der Waals surface area (Å²) in [6, 6.07) is 8.86. The van der Waals surface area contributed by atoms with Gasteiger partial charge in [0.1, 0.15) is 6.04 Å². The number of ketones is 1. The van der Waals surface area contributed by atoms with Crippen molar-refractivity contribution in [1.29, 1.82) is 0 Å². The first-order valence-corrected chi connectivity index (χ1v) is 7.11. The molecule has 2 atom stereocenters. The summed E-state index contributed by atoms with van der Waals surface area (Å²) in [5.74, 6) is -2.15. The molecule has 0 aliphatic carbocycles. The summed E-state index contributed by atoms with van der Waals surface area (Å²) in [6.45, 7) is 3.05. The number of furan rings is 1. The molecule has 2 N–H and O–H groups in total. The molecule has 2 rings (SSSR count). The molecule has 1 amide bonds. The van der Waals surface area contributed by atoms with Crippen molar-refractivity contribution >= 4 is 17.7 Å². The van der Waals surface area contributed by atoms with Gasteiger partial charge < -0.3 is 14.8 Å². The Morgan fingerprint density at radius 2 is 1.87 bits per heavy atom. The second-order valence-corrected chi connectivity index (χ2v) is 5.22. The number of aliphatic carboxylic acids is 1. The number of carboxylic acids is 1. The number of hydrogen-bond donors (Lipinski definition) is 2. The summed E-state index contributed by atoms with van der Waals surface area (Å²) in [4.78, 5) is 35.1. The van der Waals surface area contributed by atoms with Crippen LogP contribution in [0.25, 0.3) is 0 Å². The van der Waals surface area contributed by atoms with Crippen LogP contribution in [0.3, 0.4) is 0 Å². The van der Waals surface area contributed by atoms with Crippen LogP contribution in [0.2, 0.25) is 0 Å². The second kappa shape index (κ2) is 6.91. The van der Waals surface area contributed by atoms with Crippen LogP contribution in [0.15, 0.2) is 47.1 Å². The van der Waals surface area contributed by atoms with Gasteiger partial charge in [-0.25, -0.2) is 0 Å². The minimum absolute atomic E-state index is 0.221. The Bertz CT molecular complexity index is 720. The van der Waals surface area contributed by atoms with Gasteiger partial charge in [0, 0.05) is 5.56 Å². The molecule has 0 bridgehead atoms. The van der Waals surface area contributed by atoms with E-state index in [1.54, 1.807) is 43.3 Å². The summed E-state index contributed by atoms with van der Waals surface area (Å²) < 4.78 is 5.08. The van der Waals surface area contributed by atoms with E-state index in [-0.39, 0.29) is 11.5 Å². The quantitative estimate of drug-likeness (QED) is 0.797. The first-order valence-electron chi connectivity index (χ1n) is 7.11. The van der Waals surface area contributed by atoms with Gasteiger partial charge in [-0.15, -0.1) is 0 Å². The Balaban J connectivity index is 2.17. The Kier molecular flexibility index (Phi) is 4.95. The maximum absolute atomic E-state index is 12.2. The van der Waals surface area contributed by atoms with E-state index in [4.69, 9.17) is 9.52 Å². The van der Waals surface area contributed by atoms with Crippen molar-refractivity contribution in [3.8, 4) is 0 Å². The Labute approximate surface area is 133 Å². The molecular formula is C17H17NO5. The third kappa shape index (κ3) is 3.85. The third-order valence-electron chi connectivity index (χ3n) is 3.52. The molecular weight excluding hydrogens is 298 g/mol. The van der Waals surface area contributed by atoms with Gasteiger partial charge in [0.25, 0.3) is 0 Å². The molecule has 0 radical (unpaired) electrons. The zero-order valence-electron chi connectivity index (χ0n) is 12.8. The smallest absolute Gasteiger partial charge is 0.325 e. The first-order chi connectivity index (χ1) is 10.9. The molecule has 1 heterocycles. The van der Waals surface area contributed by atoms with Gasteiger partial charge in [0.15, 0.2) is 5.76 Å². The average Bonchev–Trinajstić information content (AvgIpc) is 3.07. The van der Waals surface area contributed by atoms with E-state index >= 15 is 0 Å². The van der Waals surface area contributed by atoms with Gasteiger partial charge in [-0.2, -0.15) is 0 Å². The maximum Gasteiger partial charge on any atom is 0.325 e. The fraction of sp³-hybridized carbons (Fsp3) is 0.235. The van der Waals surface area contributed by atoms with Gasteiger partial charge in [-0.1, -0.05) is 18.2 Å². The molecule has 0 fully saturated rings. The lowest BCUT2D eigenvalue weighted by Crippen LogP contribution is -2.40. The highest BCUT2D eigenvalue weighted by Gasteiger charge is 2.21. The molecule has 6 heteroatoms. The highest BCUT2D eigenvalue weighted by molar-refractivity contribution is 6.07. The van der Waals surface area contributed by atoms with Crippen LogP contribution >= 0.6 is 0 Å². The maximum atomic E-state index is 12.2. The SMILES string of the molecule is CC(NC(=O)[C@H](C)c1cccc(C(=O)c2ccco2)c1)C(=O)O. The lowest BCUT2D eigenvalue weighted by molar-refractivity contribution is -0.141. The van der Waals surface area contributed by atoms with E-state index in [0.29, 0.717) is 11.1 Å². The summed E-state index contributed by atoms with van der Waals surface area (Å²) in [6.07, 6.45) is 1.42. The number of hydrogen-bond acceptors (Lipinski definition) is 4. The molecule has 23 heavy (non-hydrogen) atoms. The van der Waals surface area contributed by atoms with Gasteiger partial charge in [-0.3, -0.25) is 14.4 Å². The van der Waals surface area contributed by atoms with Crippen molar-refractivity contribution in [2.75, 3.05) is 0 Å². The molecule has 2 aromatic rings. The van der Waals surface area contributed by atoms with Crippen molar-refractivity contribution < 1.29 is 23.9 Å². The Morgan fingerprint density at radius 1 is 1.13 bits per heavy atom. The summed E-state index contributed by atoms with van der Waals surface area (Å²) in [5, 5.41) is 11.2. The van der Waals surface area contributed by atoms with Crippen LogP contribution in [0.4, 0.5) is 0 Å². The third-order valence-corrected chi connectivity index (χ3v) is 3.52. The van der Waals surface area contributed by atoms with Crippen LogP contribution in [0, 0.1) is 0 Å². The van der Waals surface area contributed by atoms with Crippen molar-refractivity contribution in [1.82, 2.24) is 5.32 Å². The van der Waals surface area contributed by atoms with Crippen molar-refractivity contribution in [3.63, 3.8) is 0 Å². The van der Waals surface area contributed by atoms with Crippen LogP contribution in [0.5, 0.6) is 0 Å². The highest BCUT2D eigenvalue weighted by Crippen LogP contribution is 2.19. The number of carboxylic acid groups (broad SMARTS) is 1. The number of carbonyl (C=O) groups excluding carboxylic acids is 2. The van der Waals surface area contributed by atoms with Crippen LogP contribution in [-0.2, 0) is 9.59 Å². The van der Waals surface area contributed by atoms with E-state index in [0.717, 1.165) is 0 Å². The zero-order chi connectivity index (χ0) is 17.0. The predicted molar refractivity (Wildman–Crippen MR) is 82.2 cm³/mol. The van der Waals surface area contributed by atoms with Crippen molar-refractivity contribution in [3.05, 3.63) is 59.5 Å². The molecule has 0 aliphatic rings. The predicted octanol–water partition coefficient (Wildman–Crippen LogP) is 2.20. The fourth-order valence-corrected chi connectivity index (χ4v) is 2.05. The van der Waals surface area contributed by atoms with E-state index in [9.17, 15) is 14.4 Å². The minimum atomic E-state index is -1.10. The van der Waals surface area contributed by atoms with Crippen LogP contribution in [-0.4, -0.2) is 28.8 Å². The largest absolute Gasteiger partial charge is 0.480 e. The number of benzene rings is 1. The van der Waals surface area contributed by atoms with Crippen molar-refractivity contribution in [2.24, 2.45) is 0 Å². The summed E-state index contributed by atoms with van der Waals surface area (Å²) in [7, 11) is 0. The molecule has 6 nitrogen and oxygen atoms in total.